The molecule has 96 valence electrons. The van der Waals surface area contributed by atoms with E-state index in [1.54, 1.807) is 0 Å². The average molecular weight is 271 g/mol. The number of anilines is 1. The minimum absolute atomic E-state index is 0.147. The third-order valence-corrected chi connectivity index (χ3v) is 2.44. The van der Waals surface area contributed by atoms with Crippen LogP contribution in [0.2, 0.25) is 5.02 Å². The Kier molecular flexibility index (Phi) is 5.04. The molecule has 2 aromatic rings. The summed E-state index contributed by atoms with van der Waals surface area (Å²) in [5, 5.41) is -0.556. The highest BCUT2D eigenvalue weighted by molar-refractivity contribution is 6.31. The lowest BCUT2D eigenvalue weighted by molar-refractivity contribution is 0.587. The Balaban J connectivity index is 0.000000184. The van der Waals surface area contributed by atoms with E-state index in [1.165, 1.54) is 0 Å². The van der Waals surface area contributed by atoms with Crippen molar-refractivity contribution in [1.82, 2.24) is 4.98 Å². The largest absolute Gasteiger partial charge is 0.396 e. The van der Waals surface area contributed by atoms with Gasteiger partial charge in [-0.2, -0.15) is 0 Å². The minimum atomic E-state index is -0.901. The Morgan fingerprint density at radius 2 is 1.61 bits per heavy atom. The zero-order valence-electron chi connectivity index (χ0n) is 10.0. The maximum Gasteiger partial charge on any atom is 0.167 e. The van der Waals surface area contributed by atoms with Crippen molar-refractivity contribution in [3.63, 3.8) is 0 Å². The second-order valence-corrected chi connectivity index (χ2v) is 4.06. The quantitative estimate of drug-likeness (QED) is 0.582. The fourth-order valence-electron chi connectivity index (χ4n) is 1.22. The molecular weight excluding hydrogens is 258 g/mol. The van der Waals surface area contributed by atoms with E-state index in [0.29, 0.717) is 0 Å². The van der Waals surface area contributed by atoms with Crippen molar-refractivity contribution in [2.45, 2.75) is 13.8 Å². The van der Waals surface area contributed by atoms with Crippen molar-refractivity contribution >= 4 is 17.3 Å². The van der Waals surface area contributed by atoms with E-state index in [1.807, 2.05) is 32.0 Å². The zero-order chi connectivity index (χ0) is 13.7. The van der Waals surface area contributed by atoms with Gasteiger partial charge in [0.1, 0.15) is 10.8 Å². The number of pyridine rings is 1. The molecule has 0 fully saturated rings. The summed E-state index contributed by atoms with van der Waals surface area (Å²) in [6, 6.07) is 8.13. The Morgan fingerprint density at radius 1 is 1.06 bits per heavy atom. The first kappa shape index (κ1) is 14.4. The number of nitrogen functional groups attached to an aromatic ring is 1. The van der Waals surface area contributed by atoms with Crippen molar-refractivity contribution in [2.24, 2.45) is 0 Å². The molecule has 0 aliphatic heterocycles. The number of benzene rings is 1. The van der Waals surface area contributed by atoms with E-state index >= 15 is 0 Å². The maximum atomic E-state index is 12.5. The van der Waals surface area contributed by atoms with Crippen molar-refractivity contribution < 1.29 is 8.78 Å². The number of aryl methyl sites for hydroxylation is 2. The molecule has 0 saturated carbocycles. The first-order chi connectivity index (χ1) is 8.41. The van der Waals surface area contributed by atoms with Gasteiger partial charge in [0.05, 0.1) is 5.69 Å². The molecule has 0 radical (unpaired) electrons. The predicted octanol–water partition coefficient (Wildman–Crippen LogP) is 3.90. The second kappa shape index (κ2) is 6.31. The minimum Gasteiger partial charge on any atom is -0.396 e. The van der Waals surface area contributed by atoms with Crippen LogP contribution in [-0.4, -0.2) is 4.98 Å². The average Bonchev–Trinajstić information content (AvgIpc) is 2.32. The first-order valence-electron chi connectivity index (χ1n) is 5.21. The fraction of sp³-hybridized carbons (Fsp3) is 0.154. The van der Waals surface area contributed by atoms with Gasteiger partial charge in [-0.15, -0.1) is 0 Å². The van der Waals surface area contributed by atoms with Crippen LogP contribution in [0.4, 0.5) is 14.5 Å². The molecule has 2 rings (SSSR count). The van der Waals surface area contributed by atoms with E-state index in [0.717, 1.165) is 23.5 Å². The summed E-state index contributed by atoms with van der Waals surface area (Å²) in [4.78, 5) is 4.17. The lowest BCUT2D eigenvalue weighted by Gasteiger charge is -1.97. The summed E-state index contributed by atoms with van der Waals surface area (Å²) in [6.45, 7) is 3.99. The molecule has 0 atom stereocenters. The molecule has 5 heteroatoms. The van der Waals surface area contributed by atoms with E-state index < -0.39 is 16.7 Å². The van der Waals surface area contributed by atoms with Crippen LogP contribution in [0.3, 0.4) is 0 Å². The molecule has 0 aliphatic rings. The van der Waals surface area contributed by atoms with E-state index in [2.05, 4.69) is 4.98 Å². The van der Waals surface area contributed by atoms with Crippen LogP contribution >= 0.6 is 11.6 Å². The summed E-state index contributed by atoms with van der Waals surface area (Å²) >= 11 is 5.15. The van der Waals surface area contributed by atoms with Crippen molar-refractivity contribution in [3.8, 4) is 0 Å². The molecule has 2 N–H and O–H groups in total. The number of nitrogens with two attached hydrogens (primary N) is 1. The number of nitrogens with zero attached hydrogens (tertiary/aromatic N) is 1. The lowest BCUT2D eigenvalue weighted by Crippen LogP contribution is -1.92. The van der Waals surface area contributed by atoms with Gasteiger partial charge >= 0.3 is 0 Å². The first-order valence-corrected chi connectivity index (χ1v) is 5.59. The summed E-state index contributed by atoms with van der Waals surface area (Å²) in [6.07, 6.45) is 0. The third-order valence-electron chi connectivity index (χ3n) is 2.09. The van der Waals surface area contributed by atoms with Crippen molar-refractivity contribution in [2.75, 3.05) is 5.73 Å². The molecule has 1 aromatic carbocycles. The van der Waals surface area contributed by atoms with Crippen molar-refractivity contribution in [3.05, 3.63) is 58.4 Å². The van der Waals surface area contributed by atoms with Gasteiger partial charge in [-0.05, 0) is 38.1 Å². The van der Waals surface area contributed by atoms with Gasteiger partial charge in [0.25, 0.3) is 0 Å². The molecule has 0 spiro atoms. The van der Waals surface area contributed by atoms with Crippen LogP contribution < -0.4 is 5.73 Å². The van der Waals surface area contributed by atoms with E-state index in [-0.39, 0.29) is 5.69 Å². The van der Waals surface area contributed by atoms with E-state index in [4.69, 9.17) is 17.3 Å². The highest BCUT2D eigenvalue weighted by Crippen LogP contribution is 2.22. The monoisotopic (exact) mass is 270 g/mol. The molecular formula is C13H13ClF2N2. The third kappa shape index (κ3) is 3.96. The number of halogens is 3. The van der Waals surface area contributed by atoms with Crippen LogP contribution in [0.5, 0.6) is 0 Å². The Labute approximate surface area is 109 Å². The highest BCUT2D eigenvalue weighted by Gasteiger charge is 2.07. The van der Waals surface area contributed by atoms with Crippen molar-refractivity contribution in [1.29, 1.82) is 0 Å². The second-order valence-electron chi connectivity index (χ2n) is 3.68. The van der Waals surface area contributed by atoms with Crippen LogP contribution in [0.15, 0.2) is 30.3 Å². The van der Waals surface area contributed by atoms with Gasteiger partial charge in [-0.3, -0.25) is 4.98 Å². The van der Waals surface area contributed by atoms with E-state index in [9.17, 15) is 8.78 Å². The number of aromatic nitrogens is 1. The number of hydrogen-bond donors (Lipinski definition) is 1. The molecule has 0 bridgehead atoms. The molecule has 18 heavy (non-hydrogen) atoms. The summed E-state index contributed by atoms with van der Waals surface area (Å²) in [7, 11) is 0. The maximum absolute atomic E-state index is 12.5. The summed E-state index contributed by atoms with van der Waals surface area (Å²) in [5.41, 5.74) is 7.09. The molecule has 0 aliphatic carbocycles. The zero-order valence-corrected chi connectivity index (χ0v) is 10.8. The smallest absolute Gasteiger partial charge is 0.167 e. The normalized spacial score (nSPS) is 9.61. The van der Waals surface area contributed by atoms with Gasteiger partial charge in [-0.25, -0.2) is 8.78 Å². The molecule has 0 saturated heterocycles. The predicted molar refractivity (Wildman–Crippen MR) is 69.5 cm³/mol. The molecule has 0 amide bonds. The van der Waals surface area contributed by atoms with Gasteiger partial charge < -0.3 is 5.73 Å². The Hall–Kier alpha value is -1.68. The van der Waals surface area contributed by atoms with Crippen LogP contribution in [-0.2, 0) is 0 Å². The Bertz CT molecular complexity index is 500. The Morgan fingerprint density at radius 3 is 2.00 bits per heavy atom. The SMILES string of the molecule is Cc1cccc(C)n1.Nc1ccc(F)c(Cl)c1F. The van der Waals surface area contributed by atoms with Crippen LogP contribution in [0.1, 0.15) is 11.4 Å². The van der Waals surface area contributed by atoms with Crippen LogP contribution in [0.25, 0.3) is 0 Å². The molecule has 1 heterocycles. The molecule has 1 aromatic heterocycles. The lowest BCUT2D eigenvalue weighted by atomic mass is 10.3. The summed E-state index contributed by atoms with van der Waals surface area (Å²) < 4.78 is 24.8. The van der Waals surface area contributed by atoms with Gasteiger partial charge in [0, 0.05) is 11.4 Å². The standard InChI is InChI=1S/C7H9N.C6H4ClF2N/c1-6-4-3-5-7(2)8-6;7-5-3(8)1-2-4(10)6(5)9/h3-5H,1-2H3;1-2H,10H2. The molecule has 0 unspecified atom stereocenters. The number of rotatable bonds is 0. The van der Waals surface area contributed by atoms with Crippen LogP contribution in [0, 0.1) is 25.5 Å². The van der Waals surface area contributed by atoms with Gasteiger partial charge in [0.15, 0.2) is 5.82 Å². The number of hydrogen-bond acceptors (Lipinski definition) is 2. The topological polar surface area (TPSA) is 38.9 Å². The highest BCUT2D eigenvalue weighted by atomic mass is 35.5. The fourth-order valence-corrected chi connectivity index (χ4v) is 1.39. The summed E-state index contributed by atoms with van der Waals surface area (Å²) in [5.74, 6) is -1.70. The van der Waals surface area contributed by atoms with Gasteiger partial charge in [0.2, 0.25) is 0 Å². The molecule has 2 nitrogen and oxygen atoms in total. The van der Waals surface area contributed by atoms with Gasteiger partial charge in [-0.1, -0.05) is 17.7 Å².